The Morgan fingerprint density at radius 1 is 1.11 bits per heavy atom. The predicted molar refractivity (Wildman–Crippen MR) is 79.7 cm³/mol. The molecule has 1 unspecified atom stereocenters. The zero-order valence-corrected chi connectivity index (χ0v) is 12.6. The second-order valence-corrected chi connectivity index (χ2v) is 6.25. The first-order chi connectivity index (χ1) is 8.96. The van der Waals surface area contributed by atoms with Crippen molar-refractivity contribution < 1.29 is 4.74 Å². The van der Waals surface area contributed by atoms with Crippen LogP contribution in [0.5, 0.6) is 5.75 Å². The van der Waals surface area contributed by atoms with Gasteiger partial charge < -0.3 is 10.1 Å². The summed E-state index contributed by atoms with van der Waals surface area (Å²) in [6.45, 7) is 12.9. The van der Waals surface area contributed by atoms with E-state index in [1.165, 1.54) is 5.56 Å². The molecular formula is C16H26N2O. The second-order valence-electron chi connectivity index (χ2n) is 6.25. The average Bonchev–Trinajstić information content (AvgIpc) is 2.38. The number of hydrogen-bond acceptors (Lipinski definition) is 3. The molecule has 0 aromatic heterocycles. The molecule has 106 valence electrons. The van der Waals surface area contributed by atoms with Gasteiger partial charge in [-0.1, -0.05) is 12.1 Å². The Hall–Kier alpha value is -1.06. The molecule has 1 aromatic rings. The molecule has 1 atom stereocenters. The van der Waals surface area contributed by atoms with Gasteiger partial charge in [0.25, 0.3) is 0 Å². The van der Waals surface area contributed by atoms with Crippen molar-refractivity contribution in [3.8, 4) is 5.75 Å². The lowest BCUT2D eigenvalue weighted by Crippen LogP contribution is -2.44. The molecule has 0 spiro atoms. The first-order valence-electron chi connectivity index (χ1n) is 7.19. The SMILES string of the molecule is CC(c1ccc(OC(C)(C)C)cc1)N1CCNCC1. The van der Waals surface area contributed by atoms with Crippen molar-refractivity contribution in [2.45, 2.75) is 39.3 Å². The highest BCUT2D eigenvalue weighted by Crippen LogP contribution is 2.24. The molecule has 0 bridgehead atoms. The molecular weight excluding hydrogens is 236 g/mol. The Morgan fingerprint density at radius 2 is 1.68 bits per heavy atom. The summed E-state index contributed by atoms with van der Waals surface area (Å²) < 4.78 is 5.86. The van der Waals surface area contributed by atoms with Crippen LogP contribution in [-0.2, 0) is 0 Å². The molecule has 19 heavy (non-hydrogen) atoms. The van der Waals surface area contributed by atoms with Crippen LogP contribution in [0.25, 0.3) is 0 Å². The lowest BCUT2D eigenvalue weighted by atomic mass is 10.1. The van der Waals surface area contributed by atoms with Gasteiger partial charge in [-0.25, -0.2) is 0 Å². The van der Waals surface area contributed by atoms with Crippen molar-refractivity contribution in [3.05, 3.63) is 29.8 Å². The van der Waals surface area contributed by atoms with E-state index in [0.29, 0.717) is 6.04 Å². The van der Waals surface area contributed by atoms with Crippen LogP contribution in [0.3, 0.4) is 0 Å². The van der Waals surface area contributed by atoms with Crippen molar-refractivity contribution >= 4 is 0 Å². The molecule has 1 aliphatic rings. The third kappa shape index (κ3) is 4.22. The molecule has 2 rings (SSSR count). The Bertz CT molecular complexity index is 388. The molecule has 1 saturated heterocycles. The van der Waals surface area contributed by atoms with Gasteiger partial charge in [0.15, 0.2) is 0 Å². The van der Waals surface area contributed by atoms with Gasteiger partial charge >= 0.3 is 0 Å². The summed E-state index contributed by atoms with van der Waals surface area (Å²) in [5, 5.41) is 3.39. The number of hydrogen-bond donors (Lipinski definition) is 1. The molecule has 1 aromatic carbocycles. The highest BCUT2D eigenvalue weighted by molar-refractivity contribution is 5.29. The zero-order chi connectivity index (χ0) is 13.9. The van der Waals surface area contributed by atoms with Crippen molar-refractivity contribution in [2.75, 3.05) is 26.2 Å². The largest absolute Gasteiger partial charge is 0.488 e. The maximum absolute atomic E-state index is 5.86. The van der Waals surface area contributed by atoms with Gasteiger partial charge in [-0.2, -0.15) is 0 Å². The fourth-order valence-corrected chi connectivity index (χ4v) is 2.45. The minimum Gasteiger partial charge on any atom is -0.488 e. The monoisotopic (exact) mass is 262 g/mol. The summed E-state index contributed by atoms with van der Waals surface area (Å²) in [7, 11) is 0. The quantitative estimate of drug-likeness (QED) is 0.906. The number of ether oxygens (including phenoxy) is 1. The number of benzene rings is 1. The van der Waals surface area contributed by atoms with Gasteiger partial charge in [-0.15, -0.1) is 0 Å². The van der Waals surface area contributed by atoms with Gasteiger partial charge in [0.05, 0.1) is 0 Å². The Labute approximate surface area is 116 Å². The Kier molecular flexibility index (Phi) is 4.48. The maximum atomic E-state index is 5.86. The number of rotatable bonds is 3. The Balaban J connectivity index is 2.01. The molecule has 1 N–H and O–H groups in total. The van der Waals surface area contributed by atoms with E-state index in [-0.39, 0.29) is 5.60 Å². The number of nitrogens with zero attached hydrogens (tertiary/aromatic N) is 1. The Morgan fingerprint density at radius 3 is 2.21 bits per heavy atom. The van der Waals surface area contributed by atoms with Crippen LogP contribution in [0.15, 0.2) is 24.3 Å². The fraction of sp³-hybridized carbons (Fsp3) is 0.625. The first kappa shape index (κ1) is 14.4. The third-order valence-electron chi connectivity index (χ3n) is 3.49. The summed E-state index contributed by atoms with van der Waals surface area (Å²) in [5.74, 6) is 0.948. The van der Waals surface area contributed by atoms with Crippen LogP contribution < -0.4 is 10.1 Å². The zero-order valence-electron chi connectivity index (χ0n) is 12.6. The molecule has 3 nitrogen and oxygen atoms in total. The summed E-state index contributed by atoms with van der Waals surface area (Å²) in [6, 6.07) is 9.02. The summed E-state index contributed by atoms with van der Waals surface area (Å²) in [6.07, 6.45) is 0. The molecule has 0 radical (unpaired) electrons. The van der Waals surface area contributed by atoms with E-state index < -0.39 is 0 Å². The standard InChI is InChI=1S/C16H26N2O/c1-13(18-11-9-17-10-12-18)14-5-7-15(8-6-14)19-16(2,3)4/h5-8,13,17H,9-12H2,1-4H3. The molecule has 1 aliphatic heterocycles. The highest BCUT2D eigenvalue weighted by Gasteiger charge is 2.18. The summed E-state index contributed by atoms with van der Waals surface area (Å²) >= 11 is 0. The van der Waals surface area contributed by atoms with E-state index in [0.717, 1.165) is 31.9 Å². The molecule has 0 amide bonds. The minimum absolute atomic E-state index is 0.133. The summed E-state index contributed by atoms with van der Waals surface area (Å²) in [4.78, 5) is 2.52. The van der Waals surface area contributed by atoms with Crippen molar-refractivity contribution in [3.63, 3.8) is 0 Å². The van der Waals surface area contributed by atoms with E-state index in [4.69, 9.17) is 4.74 Å². The average molecular weight is 262 g/mol. The van der Waals surface area contributed by atoms with Crippen molar-refractivity contribution in [2.24, 2.45) is 0 Å². The maximum Gasteiger partial charge on any atom is 0.120 e. The van der Waals surface area contributed by atoms with Crippen LogP contribution in [0.4, 0.5) is 0 Å². The van der Waals surface area contributed by atoms with E-state index in [1.807, 2.05) is 0 Å². The van der Waals surface area contributed by atoms with Crippen LogP contribution in [-0.4, -0.2) is 36.7 Å². The number of nitrogens with one attached hydrogen (secondary N) is 1. The second kappa shape index (κ2) is 5.93. The molecule has 1 heterocycles. The van der Waals surface area contributed by atoms with Gasteiger partial charge in [0.1, 0.15) is 11.4 Å². The van der Waals surface area contributed by atoms with Crippen LogP contribution in [0.1, 0.15) is 39.3 Å². The minimum atomic E-state index is -0.133. The van der Waals surface area contributed by atoms with E-state index in [2.05, 4.69) is 62.2 Å². The normalized spacial score (nSPS) is 19.2. The first-order valence-corrected chi connectivity index (χ1v) is 7.19. The van der Waals surface area contributed by atoms with E-state index in [1.54, 1.807) is 0 Å². The molecule has 0 saturated carbocycles. The van der Waals surface area contributed by atoms with Crippen molar-refractivity contribution in [1.29, 1.82) is 0 Å². The fourth-order valence-electron chi connectivity index (χ4n) is 2.45. The lowest BCUT2D eigenvalue weighted by Gasteiger charge is -2.33. The van der Waals surface area contributed by atoms with E-state index in [9.17, 15) is 0 Å². The van der Waals surface area contributed by atoms with Gasteiger partial charge in [0.2, 0.25) is 0 Å². The van der Waals surface area contributed by atoms with Crippen LogP contribution >= 0.6 is 0 Å². The van der Waals surface area contributed by atoms with Crippen LogP contribution in [0, 0.1) is 0 Å². The molecule has 3 heteroatoms. The smallest absolute Gasteiger partial charge is 0.120 e. The lowest BCUT2D eigenvalue weighted by molar-refractivity contribution is 0.130. The van der Waals surface area contributed by atoms with Crippen molar-refractivity contribution in [1.82, 2.24) is 10.2 Å². The van der Waals surface area contributed by atoms with Gasteiger partial charge in [-0.3, -0.25) is 4.90 Å². The molecule has 0 aliphatic carbocycles. The number of piperazine rings is 1. The topological polar surface area (TPSA) is 24.5 Å². The van der Waals surface area contributed by atoms with Gasteiger partial charge in [0, 0.05) is 32.2 Å². The van der Waals surface area contributed by atoms with Crippen LogP contribution in [0.2, 0.25) is 0 Å². The summed E-state index contributed by atoms with van der Waals surface area (Å²) in [5.41, 5.74) is 1.23. The predicted octanol–water partition coefficient (Wildman–Crippen LogP) is 2.83. The van der Waals surface area contributed by atoms with Gasteiger partial charge in [-0.05, 0) is 45.4 Å². The molecule has 1 fully saturated rings. The third-order valence-corrected chi connectivity index (χ3v) is 3.49. The highest BCUT2D eigenvalue weighted by atomic mass is 16.5. The van der Waals surface area contributed by atoms with E-state index >= 15 is 0 Å².